The summed E-state index contributed by atoms with van der Waals surface area (Å²) in [7, 11) is 0. The van der Waals surface area contributed by atoms with Gasteiger partial charge in [0.2, 0.25) is 0 Å². The molecule has 0 spiro atoms. The summed E-state index contributed by atoms with van der Waals surface area (Å²) in [5.41, 5.74) is 0.398. The number of nitrogens with one attached hydrogen (secondary N) is 1. The number of carbonyl (C=O) groups excluding carboxylic acids is 1. The molecule has 7 nitrogen and oxygen atoms in total. The van der Waals surface area contributed by atoms with Gasteiger partial charge in [0.05, 0.1) is 4.92 Å². The number of hydrogen-bond donors (Lipinski definition) is 1. The van der Waals surface area contributed by atoms with E-state index in [1.807, 2.05) is 0 Å². The Kier molecular flexibility index (Phi) is 5.19. The van der Waals surface area contributed by atoms with E-state index in [4.69, 9.17) is 20.8 Å². The second-order valence-electron chi connectivity index (χ2n) is 5.24. The summed E-state index contributed by atoms with van der Waals surface area (Å²) < 4.78 is 10.9. The quantitative estimate of drug-likeness (QED) is 0.501. The van der Waals surface area contributed by atoms with Crippen LogP contribution in [-0.2, 0) is 6.61 Å². The summed E-state index contributed by atoms with van der Waals surface area (Å²) in [6.07, 6.45) is 0. The molecule has 0 radical (unpaired) electrons. The van der Waals surface area contributed by atoms with E-state index in [-0.39, 0.29) is 23.8 Å². The first-order valence-corrected chi connectivity index (χ1v) is 7.92. The van der Waals surface area contributed by atoms with Gasteiger partial charge in [-0.1, -0.05) is 29.8 Å². The molecule has 1 aromatic heterocycles. The molecule has 3 aromatic rings. The van der Waals surface area contributed by atoms with Crippen molar-refractivity contribution in [2.75, 3.05) is 5.32 Å². The molecular formula is C18H13ClN2O5. The molecule has 8 heteroatoms. The zero-order valence-electron chi connectivity index (χ0n) is 13.3. The summed E-state index contributed by atoms with van der Waals surface area (Å²) in [6.45, 7) is -0.0463. The third kappa shape index (κ3) is 4.20. The molecule has 0 saturated heterocycles. The normalized spacial score (nSPS) is 10.3. The summed E-state index contributed by atoms with van der Waals surface area (Å²) in [4.78, 5) is 22.6. The van der Waals surface area contributed by atoms with Gasteiger partial charge in [-0.15, -0.1) is 0 Å². The maximum absolute atomic E-state index is 12.2. The molecule has 2 aromatic carbocycles. The predicted molar refractivity (Wildman–Crippen MR) is 95.5 cm³/mol. The first-order valence-electron chi connectivity index (χ1n) is 7.55. The smallest absolute Gasteiger partial charge is 0.310 e. The first kappa shape index (κ1) is 17.5. The van der Waals surface area contributed by atoms with Crippen LogP contribution in [0.15, 0.2) is 65.1 Å². The molecular weight excluding hydrogens is 360 g/mol. The van der Waals surface area contributed by atoms with Crippen molar-refractivity contribution in [1.82, 2.24) is 0 Å². The Morgan fingerprint density at radius 2 is 1.96 bits per heavy atom. The molecule has 0 aliphatic carbocycles. The highest BCUT2D eigenvalue weighted by molar-refractivity contribution is 6.30. The molecule has 0 unspecified atom stereocenters. The largest absolute Gasteiger partial charge is 0.479 e. The summed E-state index contributed by atoms with van der Waals surface area (Å²) in [5.74, 6) is 0.133. The molecule has 0 atom stereocenters. The summed E-state index contributed by atoms with van der Waals surface area (Å²) in [6, 6.07) is 15.8. The number of ether oxygens (including phenoxy) is 1. The average Bonchev–Trinajstić information content (AvgIpc) is 3.09. The van der Waals surface area contributed by atoms with Gasteiger partial charge in [0, 0.05) is 16.8 Å². The van der Waals surface area contributed by atoms with Crippen LogP contribution in [0.25, 0.3) is 0 Å². The van der Waals surface area contributed by atoms with Gasteiger partial charge >= 0.3 is 5.69 Å². The molecule has 132 valence electrons. The van der Waals surface area contributed by atoms with Crippen LogP contribution in [0.5, 0.6) is 5.75 Å². The Hall–Kier alpha value is -3.32. The van der Waals surface area contributed by atoms with E-state index in [1.165, 1.54) is 18.2 Å². The number of benzene rings is 2. The molecule has 0 fully saturated rings. The third-order valence-corrected chi connectivity index (χ3v) is 3.63. The SMILES string of the molecule is O=C(Nc1cccc(Cl)c1)c1ccc(COc2ccccc2[N+](=O)[O-])o1. The van der Waals surface area contributed by atoms with Gasteiger partial charge in [0.15, 0.2) is 11.5 Å². The number of carbonyl (C=O) groups is 1. The van der Waals surface area contributed by atoms with Crippen LogP contribution in [0.4, 0.5) is 11.4 Å². The minimum Gasteiger partial charge on any atom is -0.479 e. The van der Waals surface area contributed by atoms with Gasteiger partial charge < -0.3 is 14.5 Å². The Balaban J connectivity index is 1.65. The van der Waals surface area contributed by atoms with Crippen molar-refractivity contribution in [2.45, 2.75) is 6.61 Å². The highest BCUT2D eigenvalue weighted by Gasteiger charge is 2.16. The van der Waals surface area contributed by atoms with Crippen molar-refractivity contribution in [3.05, 3.63) is 87.3 Å². The van der Waals surface area contributed by atoms with Crippen LogP contribution in [0.1, 0.15) is 16.3 Å². The molecule has 1 N–H and O–H groups in total. The Labute approximate surface area is 153 Å². The minimum atomic E-state index is -0.526. The van der Waals surface area contributed by atoms with Crippen molar-refractivity contribution in [3.63, 3.8) is 0 Å². The molecule has 26 heavy (non-hydrogen) atoms. The fourth-order valence-electron chi connectivity index (χ4n) is 2.22. The van der Waals surface area contributed by atoms with Crippen LogP contribution in [0.3, 0.4) is 0 Å². The standard InChI is InChI=1S/C18H13ClN2O5/c19-12-4-3-5-13(10-12)20-18(22)17-9-8-14(26-17)11-25-16-7-2-1-6-15(16)21(23)24/h1-10H,11H2,(H,20,22). The third-order valence-electron chi connectivity index (χ3n) is 3.40. The number of rotatable bonds is 6. The van der Waals surface area contributed by atoms with E-state index < -0.39 is 10.8 Å². The van der Waals surface area contributed by atoms with Gasteiger partial charge in [0.1, 0.15) is 12.4 Å². The van der Waals surface area contributed by atoms with E-state index in [1.54, 1.807) is 42.5 Å². The number of furan rings is 1. The molecule has 0 saturated carbocycles. The summed E-state index contributed by atoms with van der Waals surface area (Å²) >= 11 is 5.87. The lowest BCUT2D eigenvalue weighted by Crippen LogP contribution is -2.10. The van der Waals surface area contributed by atoms with Gasteiger partial charge in [-0.05, 0) is 36.4 Å². The van der Waals surface area contributed by atoms with Crippen molar-refractivity contribution in [3.8, 4) is 5.75 Å². The molecule has 0 bridgehead atoms. The number of nitrogens with zero attached hydrogens (tertiary/aromatic N) is 1. The van der Waals surface area contributed by atoms with E-state index in [2.05, 4.69) is 5.32 Å². The lowest BCUT2D eigenvalue weighted by molar-refractivity contribution is -0.386. The fraction of sp³-hybridized carbons (Fsp3) is 0.0556. The second kappa shape index (κ2) is 7.71. The topological polar surface area (TPSA) is 94.6 Å². The van der Waals surface area contributed by atoms with Gasteiger partial charge in [0.25, 0.3) is 5.91 Å². The van der Waals surface area contributed by atoms with Crippen LogP contribution in [-0.4, -0.2) is 10.8 Å². The zero-order valence-corrected chi connectivity index (χ0v) is 14.1. The van der Waals surface area contributed by atoms with Gasteiger partial charge in [-0.3, -0.25) is 14.9 Å². The van der Waals surface area contributed by atoms with E-state index in [9.17, 15) is 14.9 Å². The maximum atomic E-state index is 12.2. The van der Waals surface area contributed by atoms with Crippen molar-refractivity contribution in [2.24, 2.45) is 0 Å². The Bertz CT molecular complexity index is 954. The predicted octanol–water partition coefficient (Wildman–Crippen LogP) is 4.67. The molecule has 1 heterocycles. The minimum absolute atomic E-state index is 0.0463. The number of amides is 1. The number of nitro benzene ring substituents is 1. The number of halogens is 1. The van der Waals surface area contributed by atoms with Crippen LogP contribution in [0.2, 0.25) is 5.02 Å². The summed E-state index contributed by atoms with van der Waals surface area (Å²) in [5, 5.41) is 14.1. The Morgan fingerprint density at radius 3 is 2.73 bits per heavy atom. The highest BCUT2D eigenvalue weighted by atomic mass is 35.5. The van der Waals surface area contributed by atoms with Crippen LogP contribution < -0.4 is 10.1 Å². The molecule has 1 amide bonds. The average molecular weight is 373 g/mol. The number of hydrogen-bond acceptors (Lipinski definition) is 5. The molecule has 0 aliphatic heterocycles. The van der Waals surface area contributed by atoms with E-state index in [0.29, 0.717) is 16.5 Å². The zero-order chi connectivity index (χ0) is 18.5. The highest BCUT2D eigenvalue weighted by Crippen LogP contribution is 2.27. The maximum Gasteiger partial charge on any atom is 0.310 e. The van der Waals surface area contributed by atoms with Crippen LogP contribution in [0, 0.1) is 10.1 Å². The fourth-order valence-corrected chi connectivity index (χ4v) is 2.41. The number of para-hydroxylation sites is 2. The lowest BCUT2D eigenvalue weighted by atomic mass is 10.3. The van der Waals surface area contributed by atoms with Crippen molar-refractivity contribution in [1.29, 1.82) is 0 Å². The van der Waals surface area contributed by atoms with Gasteiger partial charge in [-0.2, -0.15) is 0 Å². The Morgan fingerprint density at radius 1 is 1.15 bits per heavy atom. The van der Waals surface area contributed by atoms with E-state index >= 15 is 0 Å². The van der Waals surface area contributed by atoms with Crippen LogP contribution >= 0.6 is 11.6 Å². The monoisotopic (exact) mass is 372 g/mol. The lowest BCUT2D eigenvalue weighted by Gasteiger charge is -2.05. The van der Waals surface area contributed by atoms with Gasteiger partial charge in [-0.25, -0.2) is 0 Å². The first-order chi connectivity index (χ1) is 12.5. The molecule has 0 aliphatic rings. The number of nitro groups is 1. The second-order valence-corrected chi connectivity index (χ2v) is 5.68. The van der Waals surface area contributed by atoms with E-state index in [0.717, 1.165) is 0 Å². The van der Waals surface area contributed by atoms with Crippen molar-refractivity contribution < 1.29 is 18.9 Å². The van der Waals surface area contributed by atoms with Crippen molar-refractivity contribution >= 4 is 28.9 Å². The molecule has 3 rings (SSSR count). The number of anilines is 1.